The number of hydrogen-bond donors (Lipinski definition) is 1. The minimum atomic E-state index is -0.0797. The van der Waals surface area contributed by atoms with Crippen molar-refractivity contribution in [2.24, 2.45) is 0 Å². The molecule has 0 bridgehead atoms. The SMILES string of the molecule is Cc1ccccc1CN(C)C(=O)NCCOCC1CCCO1. The van der Waals surface area contributed by atoms with Gasteiger partial charge < -0.3 is 19.7 Å². The smallest absolute Gasteiger partial charge is 0.317 e. The van der Waals surface area contributed by atoms with Gasteiger partial charge in [0.25, 0.3) is 0 Å². The van der Waals surface area contributed by atoms with Crippen molar-refractivity contribution in [3.05, 3.63) is 35.4 Å². The van der Waals surface area contributed by atoms with E-state index in [0.717, 1.165) is 25.0 Å². The Hall–Kier alpha value is -1.59. The van der Waals surface area contributed by atoms with Crippen LogP contribution in [0.25, 0.3) is 0 Å². The van der Waals surface area contributed by atoms with Gasteiger partial charge in [-0.3, -0.25) is 0 Å². The summed E-state index contributed by atoms with van der Waals surface area (Å²) in [5.41, 5.74) is 2.36. The topological polar surface area (TPSA) is 50.8 Å². The minimum Gasteiger partial charge on any atom is -0.377 e. The van der Waals surface area contributed by atoms with Crippen molar-refractivity contribution in [3.8, 4) is 0 Å². The van der Waals surface area contributed by atoms with Crippen LogP contribution in [0.3, 0.4) is 0 Å². The molecule has 0 aromatic heterocycles. The number of nitrogens with zero attached hydrogens (tertiary/aromatic N) is 1. The molecule has 5 heteroatoms. The molecule has 1 aromatic rings. The molecule has 1 saturated heterocycles. The lowest BCUT2D eigenvalue weighted by Gasteiger charge is -2.19. The number of carbonyl (C=O) groups excluding carboxylic acids is 1. The van der Waals surface area contributed by atoms with Crippen LogP contribution in [-0.2, 0) is 16.0 Å². The van der Waals surface area contributed by atoms with Crippen LogP contribution in [0.15, 0.2) is 24.3 Å². The molecule has 1 unspecified atom stereocenters. The van der Waals surface area contributed by atoms with Gasteiger partial charge in [-0.05, 0) is 30.9 Å². The van der Waals surface area contributed by atoms with Gasteiger partial charge >= 0.3 is 6.03 Å². The maximum atomic E-state index is 12.0. The highest BCUT2D eigenvalue weighted by Gasteiger charge is 2.15. The van der Waals surface area contributed by atoms with Crippen LogP contribution >= 0.6 is 0 Å². The fourth-order valence-electron chi connectivity index (χ4n) is 2.47. The minimum absolute atomic E-state index is 0.0797. The Kier molecular flexibility index (Phi) is 6.68. The Morgan fingerprint density at radius 1 is 1.45 bits per heavy atom. The second-order valence-electron chi connectivity index (χ2n) is 5.72. The summed E-state index contributed by atoms with van der Waals surface area (Å²) in [7, 11) is 1.80. The molecule has 0 aliphatic carbocycles. The average molecular weight is 306 g/mol. The zero-order chi connectivity index (χ0) is 15.8. The maximum Gasteiger partial charge on any atom is 0.317 e. The number of hydrogen-bond acceptors (Lipinski definition) is 3. The standard InChI is InChI=1S/C17H26N2O3/c1-14-6-3-4-7-15(14)12-19(2)17(20)18-9-11-21-13-16-8-5-10-22-16/h3-4,6-7,16H,5,8-13H2,1-2H3,(H,18,20). The number of benzene rings is 1. The van der Waals surface area contributed by atoms with Gasteiger partial charge in [-0.1, -0.05) is 24.3 Å². The van der Waals surface area contributed by atoms with Crippen molar-refractivity contribution in [2.45, 2.75) is 32.4 Å². The fraction of sp³-hybridized carbons (Fsp3) is 0.588. The van der Waals surface area contributed by atoms with Gasteiger partial charge in [0.05, 0.1) is 19.3 Å². The van der Waals surface area contributed by atoms with E-state index in [1.54, 1.807) is 11.9 Å². The van der Waals surface area contributed by atoms with Crippen LogP contribution in [0.2, 0.25) is 0 Å². The predicted octanol–water partition coefficient (Wildman–Crippen LogP) is 2.33. The first-order valence-electron chi connectivity index (χ1n) is 7.89. The molecular weight excluding hydrogens is 280 g/mol. The quantitative estimate of drug-likeness (QED) is 0.787. The molecule has 1 fully saturated rings. The number of rotatable bonds is 7. The lowest BCUT2D eigenvalue weighted by molar-refractivity contribution is 0.0186. The first-order valence-corrected chi connectivity index (χ1v) is 7.89. The zero-order valence-electron chi connectivity index (χ0n) is 13.5. The van der Waals surface area contributed by atoms with E-state index >= 15 is 0 Å². The van der Waals surface area contributed by atoms with Crippen molar-refractivity contribution in [3.63, 3.8) is 0 Å². The number of amides is 2. The summed E-state index contributed by atoms with van der Waals surface area (Å²) in [6.07, 6.45) is 2.43. The summed E-state index contributed by atoms with van der Waals surface area (Å²) in [6, 6.07) is 8.02. The van der Waals surface area contributed by atoms with Gasteiger partial charge in [-0.15, -0.1) is 0 Å². The average Bonchev–Trinajstić information content (AvgIpc) is 3.02. The van der Waals surface area contributed by atoms with Crippen molar-refractivity contribution < 1.29 is 14.3 Å². The number of nitrogens with one attached hydrogen (secondary N) is 1. The van der Waals surface area contributed by atoms with E-state index in [4.69, 9.17) is 9.47 Å². The van der Waals surface area contributed by atoms with E-state index in [1.807, 2.05) is 18.2 Å². The molecule has 1 heterocycles. The Bertz CT molecular complexity index is 473. The third-order valence-corrected chi connectivity index (χ3v) is 3.87. The third-order valence-electron chi connectivity index (χ3n) is 3.87. The molecule has 1 aliphatic heterocycles. The summed E-state index contributed by atoms with van der Waals surface area (Å²) in [5, 5.41) is 2.87. The molecule has 122 valence electrons. The van der Waals surface area contributed by atoms with Gasteiger partial charge in [0, 0.05) is 26.7 Å². The van der Waals surface area contributed by atoms with Crippen molar-refractivity contribution in [1.29, 1.82) is 0 Å². The molecule has 0 saturated carbocycles. The molecule has 0 spiro atoms. The Morgan fingerprint density at radius 2 is 2.27 bits per heavy atom. The van der Waals surface area contributed by atoms with Crippen LogP contribution in [-0.4, -0.2) is 50.4 Å². The largest absolute Gasteiger partial charge is 0.377 e. The van der Waals surface area contributed by atoms with Crippen LogP contribution in [0, 0.1) is 6.92 Å². The highest BCUT2D eigenvalue weighted by molar-refractivity contribution is 5.73. The second-order valence-corrected chi connectivity index (χ2v) is 5.72. The van der Waals surface area contributed by atoms with Crippen LogP contribution in [0.1, 0.15) is 24.0 Å². The molecule has 22 heavy (non-hydrogen) atoms. The van der Waals surface area contributed by atoms with Gasteiger partial charge in [-0.2, -0.15) is 0 Å². The van der Waals surface area contributed by atoms with Crippen molar-refractivity contribution in [1.82, 2.24) is 10.2 Å². The molecule has 1 atom stereocenters. The third kappa shape index (κ3) is 5.31. The molecule has 1 N–H and O–H groups in total. The van der Waals surface area contributed by atoms with Gasteiger partial charge in [-0.25, -0.2) is 4.79 Å². The highest BCUT2D eigenvalue weighted by atomic mass is 16.5. The van der Waals surface area contributed by atoms with Crippen LogP contribution < -0.4 is 5.32 Å². The zero-order valence-corrected chi connectivity index (χ0v) is 13.5. The summed E-state index contributed by atoms with van der Waals surface area (Å²) in [5.74, 6) is 0. The lowest BCUT2D eigenvalue weighted by atomic mass is 10.1. The van der Waals surface area contributed by atoms with Crippen LogP contribution in [0.4, 0.5) is 4.79 Å². The Morgan fingerprint density at radius 3 is 3.00 bits per heavy atom. The number of urea groups is 1. The molecular formula is C17H26N2O3. The number of aryl methyl sites for hydroxylation is 1. The number of carbonyl (C=O) groups is 1. The van der Waals surface area contributed by atoms with E-state index < -0.39 is 0 Å². The van der Waals surface area contributed by atoms with Gasteiger partial charge in [0.1, 0.15) is 0 Å². The molecule has 1 aromatic carbocycles. The van der Waals surface area contributed by atoms with E-state index in [0.29, 0.717) is 26.3 Å². The fourth-order valence-corrected chi connectivity index (χ4v) is 2.47. The molecule has 1 aliphatic rings. The summed E-state index contributed by atoms with van der Waals surface area (Å²) in [6.45, 7) is 5.16. The van der Waals surface area contributed by atoms with Crippen molar-refractivity contribution in [2.75, 3.05) is 33.4 Å². The van der Waals surface area contributed by atoms with E-state index in [2.05, 4.69) is 18.3 Å². The molecule has 0 radical (unpaired) electrons. The predicted molar refractivity (Wildman–Crippen MR) is 85.8 cm³/mol. The monoisotopic (exact) mass is 306 g/mol. The molecule has 2 amide bonds. The van der Waals surface area contributed by atoms with Gasteiger partial charge in [0.2, 0.25) is 0 Å². The number of ether oxygens (including phenoxy) is 2. The Labute approximate surface area is 132 Å². The first-order chi connectivity index (χ1) is 10.7. The van der Waals surface area contributed by atoms with E-state index in [1.165, 1.54) is 5.56 Å². The van der Waals surface area contributed by atoms with Gasteiger partial charge in [0.15, 0.2) is 0 Å². The van der Waals surface area contributed by atoms with Crippen molar-refractivity contribution >= 4 is 6.03 Å². The Balaban J connectivity index is 1.61. The highest BCUT2D eigenvalue weighted by Crippen LogP contribution is 2.11. The molecule has 5 nitrogen and oxygen atoms in total. The maximum absolute atomic E-state index is 12.0. The lowest BCUT2D eigenvalue weighted by Crippen LogP contribution is -2.38. The first kappa shape index (κ1) is 16.8. The normalized spacial score (nSPS) is 17.5. The van der Waals surface area contributed by atoms with E-state index in [9.17, 15) is 4.79 Å². The second kappa shape index (κ2) is 8.76. The van der Waals surface area contributed by atoms with E-state index in [-0.39, 0.29) is 12.1 Å². The summed E-state index contributed by atoms with van der Waals surface area (Å²) in [4.78, 5) is 13.7. The molecule has 2 rings (SSSR count). The summed E-state index contributed by atoms with van der Waals surface area (Å²) >= 11 is 0. The van der Waals surface area contributed by atoms with Crippen LogP contribution in [0.5, 0.6) is 0 Å². The summed E-state index contributed by atoms with van der Waals surface area (Å²) < 4.78 is 11.0.